The lowest BCUT2D eigenvalue weighted by molar-refractivity contribution is -0.248. The van der Waals surface area contributed by atoms with Crippen molar-refractivity contribution >= 4 is 103 Å². The fourth-order valence-corrected chi connectivity index (χ4v) is 18.6. The number of carbonyl (C=O) groups excluding carboxylic acids is 7. The van der Waals surface area contributed by atoms with Crippen LogP contribution in [-0.4, -0.2) is 192 Å². The van der Waals surface area contributed by atoms with Gasteiger partial charge in [0.15, 0.2) is 22.6 Å². The molecule has 6 amide bonds. The Morgan fingerprint density at radius 2 is 1.59 bits per heavy atom. The normalized spacial score (nSPS) is 26.4. The van der Waals surface area contributed by atoms with E-state index in [2.05, 4.69) is 45.1 Å². The van der Waals surface area contributed by atoms with Crippen molar-refractivity contribution < 1.29 is 82.9 Å². The molecule has 2 aromatic carbocycles. The Hall–Kier alpha value is -8.72. The number of aromatic carboxylic acids is 1. The number of fused-ring (bicyclic) bond motifs is 2. The van der Waals surface area contributed by atoms with E-state index < -0.39 is 119 Å². The van der Waals surface area contributed by atoms with E-state index >= 15 is 0 Å². The minimum absolute atomic E-state index is 0.0126. The molecule has 4 aromatic heterocycles. The molecule has 13 rings (SSSR count). The lowest BCUT2D eigenvalue weighted by Crippen LogP contribution is -2.64. The van der Waals surface area contributed by atoms with Gasteiger partial charge in [0.1, 0.15) is 49.4 Å². The predicted molar refractivity (Wildman–Crippen MR) is 373 cm³/mol. The predicted octanol–water partition coefficient (Wildman–Crippen LogP) is 5.63. The highest BCUT2D eigenvalue weighted by Gasteiger charge is 2.66. The van der Waals surface area contributed by atoms with Crippen molar-refractivity contribution in [2.24, 2.45) is 22.2 Å². The molecule has 2 saturated heterocycles. The molecule has 6 aromatic rings. The number of carbonyl (C=O) groups is 9. The summed E-state index contributed by atoms with van der Waals surface area (Å²) in [5, 5.41) is 67.9. The Morgan fingerprint density at radius 1 is 0.833 bits per heavy atom. The van der Waals surface area contributed by atoms with Crippen molar-refractivity contribution in [3.63, 3.8) is 0 Å². The highest BCUT2D eigenvalue weighted by Crippen LogP contribution is 2.72. The van der Waals surface area contributed by atoms with Gasteiger partial charge < -0.3 is 65.2 Å². The number of ether oxygens (including phenoxy) is 3. The number of anilines is 3. The molecule has 7 aliphatic rings. The molecule has 3 unspecified atom stereocenters. The number of imide groups is 1. The summed E-state index contributed by atoms with van der Waals surface area (Å²) in [5.74, 6) is -6.76. The molecule has 4 saturated carbocycles. The van der Waals surface area contributed by atoms with Gasteiger partial charge in [-0.2, -0.15) is 16.9 Å². The summed E-state index contributed by atoms with van der Waals surface area (Å²) in [7, 11) is 0. The smallest absolute Gasteiger partial charge is 0.355 e. The van der Waals surface area contributed by atoms with Crippen LogP contribution in [0.1, 0.15) is 142 Å². The molecule has 3 aliphatic heterocycles. The fourth-order valence-electron chi connectivity index (χ4n) is 17.1. The van der Waals surface area contributed by atoms with Gasteiger partial charge in [-0.15, -0.1) is 0 Å². The largest absolute Gasteiger partial charge is 0.479 e. The number of imidazole rings is 1. The van der Waals surface area contributed by atoms with Gasteiger partial charge in [0.2, 0.25) is 29.5 Å². The second-order valence-corrected chi connectivity index (χ2v) is 31.5. The Labute approximate surface area is 595 Å². The van der Waals surface area contributed by atoms with E-state index in [-0.39, 0.29) is 78.8 Å². The number of benzene rings is 2. The van der Waals surface area contributed by atoms with Crippen molar-refractivity contribution in [2.45, 2.75) is 192 Å². The number of thioether (sulfide) groups is 1. The van der Waals surface area contributed by atoms with Crippen molar-refractivity contribution in [1.82, 2.24) is 44.8 Å². The minimum Gasteiger partial charge on any atom is -0.479 e. The Bertz CT molecular complexity index is 4240. The van der Waals surface area contributed by atoms with Crippen molar-refractivity contribution in [3.05, 3.63) is 101 Å². The average molecular weight is 1440 g/mol. The fraction of sp³-hybridized carbons (Fsp3) is 0.535. The number of likely N-dealkylation sites (tertiary alicyclic amines) is 1. The average Bonchev–Trinajstić information content (AvgIpc) is 0.804. The highest BCUT2D eigenvalue weighted by atomic mass is 32.2. The Kier molecular flexibility index (Phi) is 20.9. The summed E-state index contributed by atoms with van der Waals surface area (Å²) in [4.78, 5) is 134. The number of nitrogens with one attached hydrogen (secondary N) is 4. The zero-order valence-electron chi connectivity index (χ0n) is 57.8. The van der Waals surface area contributed by atoms with Crippen LogP contribution in [0.3, 0.4) is 0 Å². The van der Waals surface area contributed by atoms with Crippen molar-refractivity contribution in [1.29, 1.82) is 0 Å². The number of esters is 1. The lowest BCUT2D eigenvalue weighted by Gasteiger charge is -2.69. The molecule has 29 nitrogen and oxygen atoms in total. The Morgan fingerprint density at radius 3 is 2.29 bits per heavy atom. The first kappa shape index (κ1) is 73.0. The molecule has 544 valence electrons. The zero-order chi connectivity index (χ0) is 72.9. The second kappa shape index (κ2) is 29.2. The zero-order valence-corrected chi connectivity index (χ0v) is 59.4. The number of pyridine rings is 1. The van der Waals surface area contributed by atoms with Crippen LogP contribution < -0.4 is 26.2 Å². The summed E-state index contributed by atoms with van der Waals surface area (Å²) in [6, 6.07) is 13.6. The quantitative estimate of drug-likeness (QED) is 0.0171. The van der Waals surface area contributed by atoms with Gasteiger partial charge in [0.25, 0.3) is 5.91 Å². The van der Waals surface area contributed by atoms with E-state index in [9.17, 15) is 68.7 Å². The number of thiazole rings is 1. The van der Waals surface area contributed by atoms with E-state index in [1.807, 2.05) is 45.3 Å². The summed E-state index contributed by atoms with van der Waals surface area (Å²) in [6.45, 7) is 12.7. The number of nitrogens with zero attached hydrogens (tertiary/aromatic N) is 8. The van der Waals surface area contributed by atoms with E-state index in [1.165, 1.54) is 30.0 Å². The molecule has 0 spiro atoms. The number of aryl methyl sites for hydroxylation is 1. The van der Waals surface area contributed by atoms with E-state index in [0.717, 1.165) is 59.3 Å². The third-order valence-electron chi connectivity index (χ3n) is 20.8. The molecular weight excluding hydrogens is 1360 g/mol. The van der Waals surface area contributed by atoms with Gasteiger partial charge in [-0.1, -0.05) is 57.2 Å². The first-order chi connectivity index (χ1) is 48.4. The van der Waals surface area contributed by atoms with Gasteiger partial charge in [-0.25, -0.2) is 24.5 Å². The van der Waals surface area contributed by atoms with Crippen LogP contribution >= 0.6 is 23.1 Å². The molecular formula is C71H86N12O17S2. The monoisotopic (exact) mass is 1440 g/mol. The first-order valence-electron chi connectivity index (χ1n) is 34.3. The molecule has 9 N–H and O–H groups in total. The lowest BCUT2D eigenvalue weighted by atomic mass is 9.39. The molecule has 102 heavy (non-hydrogen) atoms. The maximum atomic E-state index is 13.7. The van der Waals surface area contributed by atoms with Gasteiger partial charge in [0.05, 0.1) is 51.9 Å². The summed E-state index contributed by atoms with van der Waals surface area (Å²) < 4.78 is 23.3. The van der Waals surface area contributed by atoms with E-state index in [0.29, 0.717) is 65.0 Å². The van der Waals surface area contributed by atoms with Gasteiger partial charge in [-0.3, -0.25) is 48.5 Å². The van der Waals surface area contributed by atoms with E-state index in [4.69, 9.17) is 24.3 Å². The van der Waals surface area contributed by atoms with Gasteiger partial charge in [-0.05, 0) is 148 Å². The van der Waals surface area contributed by atoms with Crippen LogP contribution in [0, 0.1) is 29.1 Å². The SMILES string of the molecule is CSC1CC(=O)N(CC(=O)N[C@H](C(=O)N[C@@H](C)C(=O)Nc2ccc(COC(=O)CCCOC34CC5(C)CC(C)(CC(Cn6ncc(-c7ccc(N8CCn9cnc(C(=O)Nc%10nc%11ccccc%11s%10)c9C8)nc7C(=O)O)c6C)(C5)C3)C4)c(CC[C@@H]3O[C@H](C(=O)O)[C@@H](O)[C@H](O)[C@H]3O)c2)C(C)C)C1=O. The molecule has 6 fully saturated rings. The molecule has 10 atom stereocenters. The van der Waals surface area contributed by atoms with Crippen LogP contribution in [0.4, 0.5) is 16.6 Å². The van der Waals surface area contributed by atoms with Gasteiger partial charge in [0, 0.05) is 61.6 Å². The number of hydrogen-bond donors (Lipinski definition) is 9. The maximum Gasteiger partial charge on any atom is 0.355 e. The topological polar surface area (TPSA) is 398 Å². The standard InChI is InChI=1S/C71H86N12O17S2/c1-37(2)54(78-51(84)27-82-52(85)24-49(101-7)64(82)93)62(91)74-38(3)61(90)75-42-16-14-41(40(23-42)15-18-47-57(87)58(88)59(89)60(100-47)66(96)97)28-98-53(86)13-10-22-99-71-32-68(5)29-69(6,33-71)31-70(30-68,34-71)35-83-39(4)44(25-73-83)43-17-19-50(77-55(43)65(94)95)80-20-21-81-36-72-56(46(81)26-80)63(92)79-67-76-45-11-8-9-12-48(45)102-67/h8-9,11-12,14,16-17,19,23,25,36-38,47,49,54,57-60,87-89H,10,13,15,18,20-22,24,26-35H2,1-7H3,(H,74,91)(H,75,90)(H,78,84)(H,94,95)(H,96,97)(H,76,79,92)/t38-,47-,49?,54-,57-,58+,59-,60-,68?,69?,70?,71?/m0/s1. The molecule has 0 radical (unpaired) electrons. The third-order valence-corrected chi connectivity index (χ3v) is 22.7. The minimum atomic E-state index is -1.91. The number of carboxylic acid groups (broad SMARTS) is 2. The van der Waals surface area contributed by atoms with Crippen molar-refractivity contribution in [2.75, 3.05) is 41.5 Å². The molecule has 4 aliphatic carbocycles. The summed E-state index contributed by atoms with van der Waals surface area (Å²) in [5.41, 5.74) is 3.88. The molecule has 4 bridgehead atoms. The highest BCUT2D eigenvalue weighted by molar-refractivity contribution is 8.00. The molecule has 7 heterocycles. The number of hydrogen-bond acceptors (Lipinski definition) is 22. The maximum absolute atomic E-state index is 13.7. The van der Waals surface area contributed by atoms with Crippen LogP contribution in [0.5, 0.6) is 0 Å². The number of rotatable bonds is 27. The third kappa shape index (κ3) is 15.3. The van der Waals surface area contributed by atoms with Gasteiger partial charge >= 0.3 is 17.9 Å². The van der Waals surface area contributed by atoms with Crippen LogP contribution in [0.2, 0.25) is 0 Å². The number of aromatic nitrogens is 6. The number of carboxylic acids is 2. The number of aliphatic hydroxyl groups is 3. The number of aliphatic hydroxyl groups excluding tert-OH is 3. The molecule has 31 heteroatoms. The second-order valence-electron chi connectivity index (χ2n) is 29.4. The van der Waals surface area contributed by atoms with Crippen molar-refractivity contribution in [3.8, 4) is 11.1 Å². The van der Waals surface area contributed by atoms with Crippen LogP contribution in [0.25, 0.3) is 21.3 Å². The summed E-state index contributed by atoms with van der Waals surface area (Å²) >= 11 is 2.57. The number of aliphatic carboxylic acids is 1. The number of amides is 6. The first-order valence-corrected chi connectivity index (χ1v) is 36.4. The van der Waals surface area contributed by atoms with Crippen LogP contribution in [-0.2, 0) is 80.4 Å². The summed E-state index contributed by atoms with van der Waals surface area (Å²) in [6.07, 6.45) is 2.19. The Balaban J connectivity index is 0.669. The van der Waals surface area contributed by atoms with Crippen LogP contribution in [0.15, 0.2) is 67.1 Å². The number of para-hydroxylation sites is 1. The van der Waals surface area contributed by atoms with E-state index in [1.54, 1.807) is 63.0 Å².